The van der Waals surface area contributed by atoms with Gasteiger partial charge in [0.1, 0.15) is 28.9 Å². The number of ether oxygens (including phenoxy) is 1. The van der Waals surface area contributed by atoms with Gasteiger partial charge in [-0.2, -0.15) is 18.6 Å². The average molecular weight is 462 g/mol. The summed E-state index contributed by atoms with van der Waals surface area (Å²) in [5, 5.41) is 4.92. The fourth-order valence-electron chi connectivity index (χ4n) is 4.90. The monoisotopic (exact) mass is 461 g/mol. The first-order valence-corrected chi connectivity index (χ1v) is 10.6. The molecule has 1 saturated carbocycles. The van der Waals surface area contributed by atoms with Crippen LogP contribution in [0.5, 0.6) is 5.75 Å². The molecule has 168 valence electrons. The summed E-state index contributed by atoms with van der Waals surface area (Å²) in [7, 11) is 1.62. The molecule has 0 spiro atoms. The van der Waals surface area contributed by atoms with Crippen molar-refractivity contribution >= 4 is 30.2 Å². The third kappa shape index (κ3) is 3.37. The summed E-state index contributed by atoms with van der Waals surface area (Å²) < 4.78 is 8.82. The van der Waals surface area contributed by atoms with Crippen LogP contribution in [0.15, 0.2) is 60.0 Å². The lowest BCUT2D eigenvalue weighted by Crippen LogP contribution is -2.28. The molecule has 6 rings (SSSR count). The van der Waals surface area contributed by atoms with Gasteiger partial charge in [0, 0.05) is 24.1 Å². The molecule has 1 aromatic carbocycles. The lowest BCUT2D eigenvalue weighted by atomic mass is 9.91. The molecule has 2 atom stereocenters. The Kier molecular flexibility index (Phi) is 5.37. The summed E-state index contributed by atoms with van der Waals surface area (Å²) in [5.41, 5.74) is 3.59. The molecule has 1 unspecified atom stereocenters. The van der Waals surface area contributed by atoms with Gasteiger partial charge in [-0.3, -0.25) is 9.36 Å². The summed E-state index contributed by atoms with van der Waals surface area (Å²) in [6.07, 6.45) is 7.90. The summed E-state index contributed by atoms with van der Waals surface area (Å²) in [5.74, 6) is 1.52. The quantitative estimate of drug-likeness (QED) is 0.440. The molecule has 1 fully saturated rings. The number of rotatable bonds is 4. The van der Waals surface area contributed by atoms with Crippen molar-refractivity contribution in [3.8, 4) is 11.4 Å². The first-order valence-electron chi connectivity index (χ1n) is 10.6. The molecule has 0 bridgehead atoms. The highest BCUT2D eigenvalue weighted by molar-refractivity contribution is 7.59. The van der Waals surface area contributed by atoms with Crippen molar-refractivity contribution in [3.05, 3.63) is 77.1 Å². The smallest absolute Gasteiger partial charge is 0.282 e. The maximum absolute atomic E-state index is 13.6. The third-order valence-corrected chi connectivity index (χ3v) is 6.35. The Labute approximate surface area is 195 Å². The van der Waals surface area contributed by atoms with Gasteiger partial charge >= 0.3 is 0 Å². The average Bonchev–Trinajstić information content (AvgIpc) is 3.58. The summed E-state index contributed by atoms with van der Waals surface area (Å²) in [6.45, 7) is 0. The number of hydrogen-bond acceptors (Lipinski definition) is 6. The minimum Gasteiger partial charge on any atom is -0.497 e. The van der Waals surface area contributed by atoms with E-state index in [2.05, 4.69) is 19.9 Å². The topological polar surface area (TPSA) is 103 Å². The molecule has 0 amide bonds. The molecule has 9 nitrogen and oxygen atoms in total. The van der Waals surface area contributed by atoms with Gasteiger partial charge in [-0.05, 0) is 37.1 Å². The van der Waals surface area contributed by atoms with Crippen molar-refractivity contribution in [2.24, 2.45) is 0 Å². The molecular formula is C23H23N7O2S. The fraction of sp³-hybridized carbons (Fsp3) is 0.261. The second kappa shape index (κ2) is 8.36. The van der Waals surface area contributed by atoms with E-state index in [0.29, 0.717) is 16.9 Å². The number of aromatic amines is 1. The maximum Gasteiger partial charge on any atom is 0.282 e. The molecule has 0 radical (unpaired) electrons. The summed E-state index contributed by atoms with van der Waals surface area (Å²) >= 11 is 0. The van der Waals surface area contributed by atoms with E-state index in [9.17, 15) is 4.79 Å². The largest absolute Gasteiger partial charge is 0.497 e. The molecule has 33 heavy (non-hydrogen) atoms. The van der Waals surface area contributed by atoms with Crippen LogP contribution >= 0.6 is 13.5 Å². The van der Waals surface area contributed by atoms with Gasteiger partial charge in [0.05, 0.1) is 24.8 Å². The highest BCUT2D eigenvalue weighted by Crippen LogP contribution is 2.46. The first kappa shape index (κ1) is 21.2. The first-order chi connectivity index (χ1) is 15.7. The number of methoxy groups -OCH3 is 1. The maximum atomic E-state index is 13.6. The van der Waals surface area contributed by atoms with E-state index in [4.69, 9.17) is 9.84 Å². The molecular weight excluding hydrogens is 438 g/mol. The molecule has 1 N–H and O–H groups in total. The fourth-order valence-corrected chi connectivity index (χ4v) is 4.90. The second-order valence-electron chi connectivity index (χ2n) is 8.04. The van der Waals surface area contributed by atoms with Gasteiger partial charge in [-0.25, -0.2) is 19.5 Å². The van der Waals surface area contributed by atoms with Crippen LogP contribution in [0.4, 0.5) is 0 Å². The minimum absolute atomic E-state index is 0. The Balaban J connectivity index is 0.00000228. The van der Waals surface area contributed by atoms with Gasteiger partial charge in [0.15, 0.2) is 5.65 Å². The number of hydrogen-bond donors (Lipinski definition) is 1. The van der Waals surface area contributed by atoms with Gasteiger partial charge in [-0.1, -0.05) is 12.5 Å². The summed E-state index contributed by atoms with van der Waals surface area (Å²) in [4.78, 5) is 30.0. The van der Waals surface area contributed by atoms with Crippen LogP contribution in [0.3, 0.4) is 0 Å². The standard InChI is InChI=1S/C23H21N7O2.H2S/c1-32-15-6-2-5-14(11-15)30-22(28-29-10-4-9-18(29)23(30)31)17-8-3-7-16(17)19-20-21(26-12-24-19)27-13-25-20;/h2,4-6,9-13,16-17H,3,7-8H2,1H3,(H,24,25,26,27);1H2/t16?,17-;/m1./s1. The highest BCUT2D eigenvalue weighted by Gasteiger charge is 2.36. The number of aromatic nitrogens is 7. The van der Waals surface area contributed by atoms with Crippen LogP contribution in [-0.2, 0) is 0 Å². The number of nitrogens with zero attached hydrogens (tertiary/aromatic N) is 6. The Morgan fingerprint density at radius 3 is 2.85 bits per heavy atom. The van der Waals surface area contributed by atoms with Crippen LogP contribution in [0, 0.1) is 0 Å². The van der Waals surface area contributed by atoms with E-state index < -0.39 is 0 Å². The van der Waals surface area contributed by atoms with E-state index in [1.54, 1.807) is 34.9 Å². The zero-order chi connectivity index (χ0) is 21.7. The van der Waals surface area contributed by atoms with Crippen molar-refractivity contribution in [3.63, 3.8) is 0 Å². The Bertz CT molecular complexity index is 1510. The lowest BCUT2D eigenvalue weighted by Gasteiger charge is -2.23. The van der Waals surface area contributed by atoms with Crippen molar-refractivity contribution in [2.75, 3.05) is 7.11 Å². The molecule has 1 aliphatic carbocycles. The Morgan fingerprint density at radius 2 is 1.97 bits per heavy atom. The van der Waals surface area contributed by atoms with Crippen LogP contribution in [0.25, 0.3) is 22.4 Å². The van der Waals surface area contributed by atoms with Gasteiger partial charge in [-0.15, -0.1) is 0 Å². The van der Waals surface area contributed by atoms with E-state index in [-0.39, 0.29) is 30.9 Å². The second-order valence-corrected chi connectivity index (χ2v) is 8.04. The molecule has 0 saturated heterocycles. The Hall–Kier alpha value is -3.66. The molecule has 0 aliphatic heterocycles. The van der Waals surface area contributed by atoms with Crippen LogP contribution < -0.4 is 10.3 Å². The van der Waals surface area contributed by atoms with E-state index in [1.807, 2.05) is 36.5 Å². The zero-order valence-electron chi connectivity index (χ0n) is 18.0. The Morgan fingerprint density at radius 1 is 1.09 bits per heavy atom. The van der Waals surface area contributed by atoms with Crippen molar-refractivity contribution in [2.45, 2.75) is 31.1 Å². The number of benzene rings is 1. The molecule has 1 aliphatic rings. The van der Waals surface area contributed by atoms with Crippen LogP contribution in [0.2, 0.25) is 0 Å². The van der Waals surface area contributed by atoms with Gasteiger partial charge < -0.3 is 9.72 Å². The predicted octanol–water partition coefficient (Wildman–Crippen LogP) is 3.32. The zero-order valence-corrected chi connectivity index (χ0v) is 19.0. The van der Waals surface area contributed by atoms with Crippen LogP contribution in [-0.4, -0.2) is 41.2 Å². The lowest BCUT2D eigenvalue weighted by molar-refractivity contribution is 0.414. The SMILES string of the molecule is COc1cccc(-n2c([C@@H]3CCCC3c3ncnc4nc[nH]c34)nn3cccc3c2=O)c1.S. The minimum atomic E-state index is -0.103. The van der Waals surface area contributed by atoms with E-state index in [0.717, 1.165) is 42.0 Å². The normalized spacial score (nSPS) is 18.0. The van der Waals surface area contributed by atoms with Crippen molar-refractivity contribution in [1.82, 2.24) is 34.1 Å². The summed E-state index contributed by atoms with van der Waals surface area (Å²) in [6, 6.07) is 11.2. The van der Waals surface area contributed by atoms with E-state index in [1.165, 1.54) is 0 Å². The predicted molar refractivity (Wildman–Crippen MR) is 129 cm³/mol. The van der Waals surface area contributed by atoms with Crippen LogP contribution in [0.1, 0.15) is 42.6 Å². The number of fused-ring (bicyclic) bond motifs is 2. The van der Waals surface area contributed by atoms with Gasteiger partial charge in [0.2, 0.25) is 0 Å². The number of H-pyrrole nitrogens is 1. The van der Waals surface area contributed by atoms with E-state index >= 15 is 0 Å². The van der Waals surface area contributed by atoms with Crippen molar-refractivity contribution in [1.29, 1.82) is 0 Å². The van der Waals surface area contributed by atoms with Crippen molar-refractivity contribution < 1.29 is 4.74 Å². The third-order valence-electron chi connectivity index (χ3n) is 6.35. The highest BCUT2D eigenvalue weighted by atomic mass is 32.1. The molecule has 10 heteroatoms. The molecule has 4 heterocycles. The molecule has 4 aromatic heterocycles. The van der Waals surface area contributed by atoms with Gasteiger partial charge in [0.25, 0.3) is 5.56 Å². The number of imidazole rings is 1. The molecule has 5 aromatic rings. The number of nitrogens with one attached hydrogen (secondary N) is 1.